The first-order valence-electron chi connectivity index (χ1n) is 8.72. The predicted molar refractivity (Wildman–Crippen MR) is 102 cm³/mol. The van der Waals surface area contributed by atoms with E-state index in [1.807, 2.05) is 18.2 Å². The molecule has 0 unspecified atom stereocenters. The summed E-state index contributed by atoms with van der Waals surface area (Å²) in [7, 11) is 0. The van der Waals surface area contributed by atoms with E-state index in [9.17, 15) is 0 Å². The third-order valence-corrected chi connectivity index (χ3v) is 4.59. The summed E-state index contributed by atoms with van der Waals surface area (Å²) in [5.74, 6) is 2.14. The number of fused-ring (bicyclic) bond motifs is 1. The molecule has 0 spiro atoms. The van der Waals surface area contributed by atoms with Gasteiger partial charge in [-0.1, -0.05) is 12.1 Å². The SMILES string of the molecule is Cc1cccc2[nH]c(CN=C(N)N3CCN(c4ncccn4)CC3)nc12. The lowest BCUT2D eigenvalue weighted by Gasteiger charge is -2.35. The Morgan fingerprint density at radius 2 is 1.92 bits per heavy atom. The Morgan fingerprint density at radius 1 is 1.15 bits per heavy atom. The van der Waals surface area contributed by atoms with Crippen LogP contribution in [0, 0.1) is 6.92 Å². The average Bonchev–Trinajstić information content (AvgIpc) is 3.11. The van der Waals surface area contributed by atoms with Gasteiger partial charge in [0.2, 0.25) is 5.95 Å². The van der Waals surface area contributed by atoms with E-state index in [0.29, 0.717) is 12.5 Å². The first kappa shape index (κ1) is 16.3. The normalized spacial score (nSPS) is 15.7. The van der Waals surface area contributed by atoms with Crippen LogP contribution in [0.3, 0.4) is 0 Å². The van der Waals surface area contributed by atoms with Gasteiger partial charge in [0.05, 0.1) is 11.0 Å². The molecule has 1 fully saturated rings. The van der Waals surface area contributed by atoms with E-state index >= 15 is 0 Å². The van der Waals surface area contributed by atoms with E-state index in [1.54, 1.807) is 12.4 Å². The van der Waals surface area contributed by atoms with Crippen LogP contribution in [0.4, 0.5) is 5.95 Å². The summed E-state index contributed by atoms with van der Waals surface area (Å²) in [6, 6.07) is 7.93. The van der Waals surface area contributed by atoms with Gasteiger partial charge in [-0.15, -0.1) is 0 Å². The second-order valence-electron chi connectivity index (χ2n) is 6.35. The van der Waals surface area contributed by atoms with Gasteiger partial charge in [-0.3, -0.25) is 0 Å². The molecule has 1 aliphatic heterocycles. The van der Waals surface area contributed by atoms with Gasteiger partial charge in [-0.05, 0) is 24.6 Å². The Kier molecular flexibility index (Phi) is 4.39. The van der Waals surface area contributed by atoms with Crippen LogP contribution in [0.2, 0.25) is 0 Å². The molecule has 26 heavy (non-hydrogen) atoms. The second-order valence-corrected chi connectivity index (χ2v) is 6.35. The highest BCUT2D eigenvalue weighted by Gasteiger charge is 2.19. The molecule has 8 nitrogen and oxygen atoms in total. The summed E-state index contributed by atoms with van der Waals surface area (Å²) in [5.41, 5.74) is 9.37. The molecule has 1 saturated heterocycles. The molecule has 3 N–H and O–H groups in total. The number of imidazole rings is 1. The summed E-state index contributed by atoms with van der Waals surface area (Å²) >= 11 is 0. The van der Waals surface area contributed by atoms with Crippen LogP contribution >= 0.6 is 0 Å². The average molecular weight is 350 g/mol. The minimum Gasteiger partial charge on any atom is -0.370 e. The van der Waals surface area contributed by atoms with Crippen LogP contribution in [0.15, 0.2) is 41.7 Å². The van der Waals surface area contributed by atoms with Gasteiger partial charge >= 0.3 is 0 Å². The third kappa shape index (κ3) is 3.30. The number of nitrogens with one attached hydrogen (secondary N) is 1. The van der Waals surface area contributed by atoms with Gasteiger partial charge < -0.3 is 20.5 Å². The molecule has 134 valence electrons. The number of guanidine groups is 1. The van der Waals surface area contributed by atoms with Gasteiger partial charge in [-0.25, -0.2) is 19.9 Å². The fourth-order valence-electron chi connectivity index (χ4n) is 3.15. The third-order valence-electron chi connectivity index (χ3n) is 4.59. The molecule has 3 aromatic rings. The van der Waals surface area contributed by atoms with E-state index in [0.717, 1.165) is 54.5 Å². The zero-order valence-corrected chi connectivity index (χ0v) is 14.8. The van der Waals surface area contributed by atoms with Gasteiger partial charge in [0.15, 0.2) is 5.96 Å². The monoisotopic (exact) mass is 350 g/mol. The smallest absolute Gasteiger partial charge is 0.225 e. The molecule has 1 aliphatic rings. The van der Waals surface area contributed by atoms with Crippen molar-refractivity contribution < 1.29 is 0 Å². The molecule has 0 atom stereocenters. The molecule has 4 rings (SSSR count). The first-order valence-corrected chi connectivity index (χ1v) is 8.72. The summed E-state index contributed by atoms with van der Waals surface area (Å²) in [6.07, 6.45) is 3.53. The molecule has 3 heterocycles. The number of nitrogens with two attached hydrogens (primary N) is 1. The van der Waals surface area contributed by atoms with E-state index in [-0.39, 0.29) is 0 Å². The Morgan fingerprint density at radius 3 is 2.65 bits per heavy atom. The second kappa shape index (κ2) is 6.99. The molecule has 2 aromatic heterocycles. The maximum atomic E-state index is 6.19. The molecular weight excluding hydrogens is 328 g/mol. The lowest BCUT2D eigenvalue weighted by atomic mass is 10.2. The number of piperazine rings is 1. The molecule has 0 amide bonds. The number of anilines is 1. The standard InChI is InChI=1S/C18H22N8/c1-13-4-2-5-14-16(13)24-15(23-14)12-22-17(19)25-8-10-26(11-9-25)18-20-6-3-7-21-18/h2-7H,8-12H2,1H3,(H2,19,22)(H,23,24). The van der Waals surface area contributed by atoms with E-state index in [2.05, 4.69) is 47.7 Å². The summed E-state index contributed by atoms with van der Waals surface area (Å²) in [6.45, 7) is 5.75. The van der Waals surface area contributed by atoms with Crippen LogP contribution in [-0.2, 0) is 6.54 Å². The van der Waals surface area contributed by atoms with Crippen LogP contribution in [0.1, 0.15) is 11.4 Å². The Balaban J connectivity index is 1.38. The molecule has 0 saturated carbocycles. The zero-order valence-electron chi connectivity index (χ0n) is 14.8. The number of benzene rings is 1. The Hall–Kier alpha value is -3.16. The van der Waals surface area contributed by atoms with Crippen molar-refractivity contribution in [2.75, 3.05) is 31.1 Å². The van der Waals surface area contributed by atoms with E-state index in [1.165, 1.54) is 0 Å². The summed E-state index contributed by atoms with van der Waals surface area (Å²) in [5, 5.41) is 0. The Labute approximate surface area is 151 Å². The number of aliphatic imine (C=N–C) groups is 1. The van der Waals surface area contributed by atoms with Crippen molar-refractivity contribution in [2.24, 2.45) is 10.7 Å². The van der Waals surface area contributed by atoms with Crippen LogP contribution in [0.5, 0.6) is 0 Å². The number of para-hydroxylation sites is 1. The minimum atomic E-state index is 0.446. The van der Waals surface area contributed by atoms with Gasteiger partial charge in [0.25, 0.3) is 0 Å². The van der Waals surface area contributed by atoms with Crippen molar-refractivity contribution in [3.8, 4) is 0 Å². The highest BCUT2D eigenvalue weighted by Crippen LogP contribution is 2.16. The molecule has 0 aliphatic carbocycles. The minimum absolute atomic E-state index is 0.446. The maximum absolute atomic E-state index is 6.19. The number of aryl methyl sites for hydroxylation is 1. The molecular formula is C18H22N8. The van der Waals surface area contributed by atoms with Crippen LogP contribution in [-0.4, -0.2) is 57.0 Å². The zero-order chi connectivity index (χ0) is 17.9. The molecule has 1 aromatic carbocycles. The number of hydrogen-bond donors (Lipinski definition) is 2. The number of hydrogen-bond acceptors (Lipinski definition) is 5. The van der Waals surface area contributed by atoms with Gasteiger partial charge in [0.1, 0.15) is 12.4 Å². The van der Waals surface area contributed by atoms with Gasteiger partial charge in [-0.2, -0.15) is 0 Å². The van der Waals surface area contributed by atoms with Gasteiger partial charge in [0, 0.05) is 38.6 Å². The number of H-pyrrole nitrogens is 1. The van der Waals surface area contributed by atoms with Crippen molar-refractivity contribution >= 4 is 22.9 Å². The highest BCUT2D eigenvalue weighted by atomic mass is 15.4. The van der Waals surface area contributed by atoms with Crippen LogP contribution in [0.25, 0.3) is 11.0 Å². The van der Waals surface area contributed by atoms with Crippen molar-refractivity contribution in [1.82, 2.24) is 24.8 Å². The highest BCUT2D eigenvalue weighted by molar-refractivity contribution is 5.79. The predicted octanol–water partition coefficient (Wildman–Crippen LogP) is 1.30. The molecule has 0 radical (unpaired) electrons. The van der Waals surface area contributed by atoms with E-state index < -0.39 is 0 Å². The van der Waals surface area contributed by atoms with Crippen molar-refractivity contribution in [3.63, 3.8) is 0 Å². The topological polar surface area (TPSA) is 99.3 Å². The largest absolute Gasteiger partial charge is 0.370 e. The van der Waals surface area contributed by atoms with Crippen LogP contribution < -0.4 is 10.6 Å². The Bertz CT molecular complexity index is 909. The number of aromatic nitrogens is 4. The fraction of sp³-hybridized carbons (Fsp3) is 0.333. The fourth-order valence-corrected chi connectivity index (χ4v) is 3.15. The first-order chi connectivity index (χ1) is 12.7. The summed E-state index contributed by atoms with van der Waals surface area (Å²) < 4.78 is 0. The molecule has 8 heteroatoms. The van der Waals surface area contributed by atoms with Crippen molar-refractivity contribution in [3.05, 3.63) is 48.0 Å². The van der Waals surface area contributed by atoms with Crippen molar-refractivity contribution in [2.45, 2.75) is 13.5 Å². The van der Waals surface area contributed by atoms with E-state index in [4.69, 9.17) is 5.73 Å². The maximum Gasteiger partial charge on any atom is 0.225 e. The summed E-state index contributed by atoms with van der Waals surface area (Å²) in [4.78, 5) is 25.3. The quantitative estimate of drug-likeness (QED) is 0.546. The number of aromatic amines is 1. The van der Waals surface area contributed by atoms with Crippen molar-refractivity contribution in [1.29, 1.82) is 0 Å². The lowest BCUT2D eigenvalue weighted by molar-refractivity contribution is 0.378. The lowest BCUT2D eigenvalue weighted by Crippen LogP contribution is -2.51. The number of nitrogens with zero attached hydrogens (tertiary/aromatic N) is 6. The number of rotatable bonds is 3. The molecule has 0 bridgehead atoms.